The molecule has 0 bridgehead atoms. The van der Waals surface area contributed by atoms with Crippen molar-refractivity contribution >= 4 is 11.6 Å². The minimum atomic E-state index is -0.419. The van der Waals surface area contributed by atoms with Crippen LogP contribution in [0.4, 0.5) is 10.1 Å². The van der Waals surface area contributed by atoms with Crippen LogP contribution in [0.2, 0.25) is 0 Å². The minimum Gasteiger partial charge on any atom is -0.322 e. The van der Waals surface area contributed by atoms with Crippen LogP contribution in [0.1, 0.15) is 20.3 Å². The van der Waals surface area contributed by atoms with E-state index in [0.29, 0.717) is 6.04 Å². The number of carbonyl (C=O) groups is 1. The van der Waals surface area contributed by atoms with E-state index in [2.05, 4.69) is 36.4 Å². The molecule has 0 saturated carbocycles. The average Bonchev–Trinajstić information content (AvgIpc) is 2.45. The number of amides is 1. The molecule has 0 spiro atoms. The molecule has 1 amide bonds. The molecule has 20 heavy (non-hydrogen) atoms. The van der Waals surface area contributed by atoms with E-state index in [-0.39, 0.29) is 18.1 Å². The van der Waals surface area contributed by atoms with Gasteiger partial charge in [-0.3, -0.25) is 4.79 Å². The van der Waals surface area contributed by atoms with Crippen molar-refractivity contribution in [1.29, 1.82) is 0 Å². The summed E-state index contributed by atoms with van der Waals surface area (Å²) in [5.74, 6) is -0.654. The van der Waals surface area contributed by atoms with Gasteiger partial charge in [-0.05, 0) is 32.5 Å². The van der Waals surface area contributed by atoms with Gasteiger partial charge >= 0.3 is 0 Å². The molecule has 5 heteroatoms. The Morgan fingerprint density at radius 2 is 2.10 bits per heavy atom. The van der Waals surface area contributed by atoms with Crippen LogP contribution < -0.4 is 10.6 Å². The second kappa shape index (κ2) is 8.66. The number of nitrogens with one attached hydrogen (secondary N) is 2. The fourth-order valence-corrected chi connectivity index (χ4v) is 1.75. The Bertz CT molecular complexity index is 425. The van der Waals surface area contributed by atoms with E-state index in [4.69, 9.17) is 0 Å². The molecule has 0 aliphatic rings. The summed E-state index contributed by atoms with van der Waals surface area (Å²) in [7, 11) is 2.06. The van der Waals surface area contributed by atoms with Gasteiger partial charge in [0.05, 0.1) is 12.2 Å². The monoisotopic (exact) mass is 281 g/mol. The number of para-hydroxylation sites is 1. The zero-order chi connectivity index (χ0) is 15.0. The molecule has 0 fully saturated rings. The first-order valence-electron chi connectivity index (χ1n) is 7.00. The van der Waals surface area contributed by atoms with Crippen LogP contribution >= 0.6 is 0 Å². The molecular formula is C15H24FN3O. The second-order valence-electron chi connectivity index (χ2n) is 4.94. The van der Waals surface area contributed by atoms with Gasteiger partial charge in [0, 0.05) is 19.1 Å². The van der Waals surface area contributed by atoms with Gasteiger partial charge in [-0.2, -0.15) is 0 Å². The highest BCUT2D eigenvalue weighted by molar-refractivity contribution is 5.92. The number of nitrogens with zero attached hydrogens (tertiary/aromatic N) is 1. The molecule has 2 N–H and O–H groups in total. The minimum absolute atomic E-state index is 0.183. The highest BCUT2D eigenvalue weighted by atomic mass is 19.1. The SMILES string of the molecule is CCC(C)N(C)CCNCC(=O)Nc1ccccc1F. The third-order valence-electron chi connectivity index (χ3n) is 3.42. The molecule has 0 aliphatic carbocycles. The number of hydrogen-bond acceptors (Lipinski definition) is 3. The number of halogens is 1. The number of benzene rings is 1. The van der Waals surface area contributed by atoms with Crippen LogP contribution in [-0.2, 0) is 4.79 Å². The van der Waals surface area contributed by atoms with Crippen molar-refractivity contribution < 1.29 is 9.18 Å². The average molecular weight is 281 g/mol. The first kappa shape index (κ1) is 16.6. The lowest BCUT2D eigenvalue weighted by molar-refractivity contribution is -0.115. The van der Waals surface area contributed by atoms with Gasteiger partial charge in [0.1, 0.15) is 5.82 Å². The van der Waals surface area contributed by atoms with E-state index < -0.39 is 5.82 Å². The number of rotatable bonds is 8. The molecule has 112 valence electrons. The number of carbonyl (C=O) groups excluding carboxylic acids is 1. The van der Waals surface area contributed by atoms with Crippen LogP contribution in [0.3, 0.4) is 0 Å². The van der Waals surface area contributed by atoms with Gasteiger partial charge < -0.3 is 15.5 Å². The van der Waals surface area contributed by atoms with Crippen molar-refractivity contribution in [3.8, 4) is 0 Å². The van der Waals surface area contributed by atoms with E-state index in [9.17, 15) is 9.18 Å². The Balaban J connectivity index is 2.23. The summed E-state index contributed by atoms with van der Waals surface area (Å²) >= 11 is 0. The van der Waals surface area contributed by atoms with Gasteiger partial charge in [-0.15, -0.1) is 0 Å². The van der Waals surface area contributed by atoms with Crippen molar-refractivity contribution in [1.82, 2.24) is 10.2 Å². The molecule has 0 heterocycles. The normalized spacial score (nSPS) is 12.4. The number of hydrogen-bond donors (Lipinski definition) is 2. The van der Waals surface area contributed by atoms with Crippen LogP contribution in [0.5, 0.6) is 0 Å². The van der Waals surface area contributed by atoms with E-state index in [1.165, 1.54) is 6.07 Å². The van der Waals surface area contributed by atoms with Crippen molar-refractivity contribution in [2.24, 2.45) is 0 Å². The van der Waals surface area contributed by atoms with Gasteiger partial charge in [0.15, 0.2) is 0 Å². The molecule has 1 rings (SSSR count). The van der Waals surface area contributed by atoms with Crippen LogP contribution in [-0.4, -0.2) is 43.5 Å². The maximum atomic E-state index is 13.3. The lowest BCUT2D eigenvalue weighted by Crippen LogP contribution is -2.37. The summed E-state index contributed by atoms with van der Waals surface area (Å²) < 4.78 is 13.3. The third kappa shape index (κ3) is 5.67. The van der Waals surface area contributed by atoms with Crippen LogP contribution in [0.15, 0.2) is 24.3 Å². The fraction of sp³-hybridized carbons (Fsp3) is 0.533. The van der Waals surface area contributed by atoms with Gasteiger partial charge in [0.25, 0.3) is 0 Å². The first-order valence-corrected chi connectivity index (χ1v) is 7.00. The highest BCUT2D eigenvalue weighted by Gasteiger charge is 2.07. The highest BCUT2D eigenvalue weighted by Crippen LogP contribution is 2.11. The summed E-state index contributed by atoms with van der Waals surface area (Å²) in [6, 6.07) is 6.68. The maximum absolute atomic E-state index is 13.3. The molecule has 1 atom stereocenters. The summed E-state index contributed by atoms with van der Waals surface area (Å²) in [4.78, 5) is 13.9. The zero-order valence-electron chi connectivity index (χ0n) is 12.4. The van der Waals surface area contributed by atoms with E-state index in [1.807, 2.05) is 0 Å². The Labute approximate surface area is 120 Å². The molecule has 1 unspecified atom stereocenters. The number of likely N-dealkylation sites (N-methyl/N-ethyl adjacent to an activating group) is 1. The fourth-order valence-electron chi connectivity index (χ4n) is 1.75. The zero-order valence-corrected chi connectivity index (χ0v) is 12.4. The summed E-state index contributed by atoms with van der Waals surface area (Å²) in [6.45, 7) is 6.11. The van der Waals surface area contributed by atoms with Gasteiger partial charge in [0.2, 0.25) is 5.91 Å². The summed E-state index contributed by atoms with van der Waals surface area (Å²) in [5, 5.41) is 5.60. The standard InChI is InChI=1S/C15H24FN3O/c1-4-12(2)19(3)10-9-17-11-15(20)18-14-8-6-5-7-13(14)16/h5-8,12,17H,4,9-11H2,1-3H3,(H,18,20). The predicted molar refractivity (Wildman–Crippen MR) is 80.3 cm³/mol. The quantitative estimate of drug-likeness (QED) is 0.717. The Morgan fingerprint density at radius 3 is 2.75 bits per heavy atom. The summed E-state index contributed by atoms with van der Waals surface area (Å²) in [6.07, 6.45) is 1.10. The predicted octanol–water partition coefficient (Wildman–Crippen LogP) is 2.08. The lowest BCUT2D eigenvalue weighted by Gasteiger charge is -2.23. The third-order valence-corrected chi connectivity index (χ3v) is 3.42. The van der Waals surface area contributed by atoms with Crippen LogP contribution in [0.25, 0.3) is 0 Å². The Hall–Kier alpha value is -1.46. The number of anilines is 1. The van der Waals surface area contributed by atoms with Gasteiger partial charge in [-0.1, -0.05) is 19.1 Å². The van der Waals surface area contributed by atoms with E-state index >= 15 is 0 Å². The molecule has 1 aromatic carbocycles. The van der Waals surface area contributed by atoms with E-state index in [0.717, 1.165) is 19.5 Å². The topological polar surface area (TPSA) is 44.4 Å². The van der Waals surface area contributed by atoms with Crippen molar-refractivity contribution in [3.63, 3.8) is 0 Å². The Morgan fingerprint density at radius 1 is 1.40 bits per heavy atom. The molecule has 0 radical (unpaired) electrons. The lowest BCUT2D eigenvalue weighted by atomic mass is 10.2. The smallest absolute Gasteiger partial charge is 0.238 e. The maximum Gasteiger partial charge on any atom is 0.238 e. The molecule has 4 nitrogen and oxygen atoms in total. The molecule has 1 aromatic rings. The molecule has 0 saturated heterocycles. The van der Waals surface area contributed by atoms with Crippen molar-refractivity contribution in [2.75, 3.05) is 32.0 Å². The molecule has 0 aromatic heterocycles. The van der Waals surface area contributed by atoms with Crippen molar-refractivity contribution in [3.05, 3.63) is 30.1 Å². The van der Waals surface area contributed by atoms with Gasteiger partial charge in [-0.25, -0.2) is 4.39 Å². The summed E-state index contributed by atoms with van der Waals surface area (Å²) in [5.41, 5.74) is 0.219. The first-order chi connectivity index (χ1) is 9.54. The van der Waals surface area contributed by atoms with E-state index in [1.54, 1.807) is 18.2 Å². The second-order valence-corrected chi connectivity index (χ2v) is 4.94. The van der Waals surface area contributed by atoms with Crippen LogP contribution in [0, 0.1) is 5.82 Å². The molecule has 0 aliphatic heterocycles. The molecular weight excluding hydrogens is 257 g/mol. The largest absolute Gasteiger partial charge is 0.322 e. The Kier molecular flexibility index (Phi) is 7.18. The van der Waals surface area contributed by atoms with Crippen molar-refractivity contribution in [2.45, 2.75) is 26.3 Å².